The van der Waals surface area contributed by atoms with E-state index in [-0.39, 0.29) is 24.8 Å². The second-order valence-corrected chi connectivity index (χ2v) is 10.9. The van der Waals surface area contributed by atoms with Crippen molar-refractivity contribution in [1.29, 1.82) is 0 Å². The normalized spacial score (nSPS) is 13.0. The first-order valence-electron chi connectivity index (χ1n) is 8.00. The summed E-state index contributed by atoms with van der Waals surface area (Å²) in [5.74, 6) is 0. The molecule has 0 saturated heterocycles. The second-order valence-electron chi connectivity index (χ2n) is 6.36. The van der Waals surface area contributed by atoms with Crippen LogP contribution in [0.15, 0.2) is 64.6 Å². The molecule has 2 aromatic carbocycles. The fourth-order valence-corrected chi connectivity index (χ4v) is 8.32. The van der Waals surface area contributed by atoms with Crippen molar-refractivity contribution in [1.82, 2.24) is 0 Å². The van der Waals surface area contributed by atoms with Gasteiger partial charge in [0, 0.05) is 0 Å². The van der Waals surface area contributed by atoms with Gasteiger partial charge in [0.15, 0.2) is 0 Å². The smallest absolute Gasteiger partial charge is 1.00 e. The third-order valence-electron chi connectivity index (χ3n) is 4.71. The van der Waals surface area contributed by atoms with Gasteiger partial charge in [-0.05, 0) is 0 Å². The number of fused-ring (bicyclic) bond motifs is 3. The van der Waals surface area contributed by atoms with Crippen LogP contribution in [0, 0.1) is 0 Å². The zero-order valence-electron chi connectivity index (χ0n) is 13.9. The van der Waals surface area contributed by atoms with E-state index in [1.165, 1.54) is 16.7 Å². The van der Waals surface area contributed by atoms with Crippen LogP contribution < -0.4 is 28.7 Å². The van der Waals surface area contributed by atoms with Crippen LogP contribution in [-0.2, 0) is 23.8 Å². The molecule has 0 radical (unpaired) electrons. The molecule has 24 heavy (non-hydrogen) atoms. The molecule has 0 spiro atoms. The summed E-state index contributed by atoms with van der Waals surface area (Å²) in [5, 5.41) is 0. The van der Waals surface area contributed by atoms with Crippen molar-refractivity contribution in [3.63, 3.8) is 0 Å². The first kappa shape index (κ1) is 19.4. The van der Waals surface area contributed by atoms with Crippen LogP contribution in [0.1, 0.15) is 31.4 Å². The Morgan fingerprint density at radius 3 is 2.38 bits per heavy atom. The van der Waals surface area contributed by atoms with Crippen molar-refractivity contribution >= 4 is 7.68 Å². The summed E-state index contributed by atoms with van der Waals surface area (Å²) in [6, 6.07) is 15.9. The van der Waals surface area contributed by atoms with Gasteiger partial charge in [-0.25, -0.2) is 0 Å². The summed E-state index contributed by atoms with van der Waals surface area (Å²) in [5.41, 5.74) is 6.03. The monoisotopic (exact) mass is 390 g/mol. The zero-order valence-corrected chi connectivity index (χ0v) is 17.0. The first-order chi connectivity index (χ1) is 10.8. The maximum atomic E-state index is 2.41. The Hall–Kier alpha value is -0.916. The van der Waals surface area contributed by atoms with E-state index in [1.807, 2.05) is 0 Å². The number of hydrogen-bond acceptors (Lipinski definition) is 0. The first-order valence-corrected chi connectivity index (χ1v) is 10.3. The molecule has 0 aliphatic heterocycles. The molecule has 2 aliphatic carbocycles. The number of halogens is 2. The van der Waals surface area contributed by atoms with Crippen molar-refractivity contribution < 1.29 is 42.2 Å². The van der Waals surface area contributed by atoms with Crippen molar-refractivity contribution in [2.24, 2.45) is 0 Å². The van der Waals surface area contributed by atoms with Gasteiger partial charge in [0.05, 0.1) is 0 Å². The van der Waals surface area contributed by atoms with E-state index in [9.17, 15) is 0 Å². The fraction of sp³-hybridized carbons (Fsp3) is 0.190. The summed E-state index contributed by atoms with van der Waals surface area (Å²) in [4.78, 5) is 0. The number of benzene rings is 2. The summed E-state index contributed by atoms with van der Waals surface area (Å²) in [6.45, 7) is 4.69. The van der Waals surface area contributed by atoms with Crippen LogP contribution in [0.3, 0.4) is 0 Å². The quantitative estimate of drug-likeness (QED) is 0.470. The van der Waals surface area contributed by atoms with Gasteiger partial charge in [0.25, 0.3) is 0 Å². The minimum absolute atomic E-state index is 0. The molecule has 3 heteroatoms. The average molecular weight is 391 g/mol. The molecule has 0 saturated carbocycles. The molecule has 0 nitrogen and oxygen atoms in total. The van der Waals surface area contributed by atoms with E-state index >= 15 is 0 Å². The van der Waals surface area contributed by atoms with Gasteiger partial charge in [0.1, 0.15) is 0 Å². The van der Waals surface area contributed by atoms with E-state index in [2.05, 4.69) is 74.5 Å². The van der Waals surface area contributed by atoms with E-state index in [4.69, 9.17) is 0 Å². The van der Waals surface area contributed by atoms with Gasteiger partial charge in [-0.15, -0.1) is 0 Å². The van der Waals surface area contributed by atoms with Crippen molar-refractivity contribution in [2.75, 3.05) is 0 Å². The second kappa shape index (κ2) is 7.98. The van der Waals surface area contributed by atoms with Gasteiger partial charge in [-0.2, -0.15) is 0 Å². The standard InChI is InChI=1S/C13H9.C5H5.C3H6.2ClH.Ti/c1-3-7-12-10(5-1)9-11-6-2-4-8-13(11)12;1-2-4-5-3-1;1-3-2;;;/h1-5,7-8H,9H2;1-3H,4H2;1-2H3;2*1H;/q;;;;;+2/p-2. The molecule has 0 amide bonds. The van der Waals surface area contributed by atoms with Gasteiger partial charge >= 0.3 is 139 Å². The van der Waals surface area contributed by atoms with Gasteiger partial charge in [-0.3, -0.25) is 0 Å². The maximum Gasteiger partial charge on any atom is -1.00 e. The van der Waals surface area contributed by atoms with E-state index in [0.717, 1.165) is 12.8 Å². The molecular formula is C21H20Cl2Ti. The molecule has 2 aliphatic rings. The third-order valence-corrected chi connectivity index (χ3v) is 9.43. The number of hydrogen-bond donors (Lipinski definition) is 0. The van der Waals surface area contributed by atoms with E-state index < -0.39 is 17.4 Å². The number of allylic oxidation sites excluding steroid dienone is 4. The summed E-state index contributed by atoms with van der Waals surface area (Å²) >= 11 is -1.51. The van der Waals surface area contributed by atoms with Crippen LogP contribution in [0.2, 0.25) is 0 Å². The topological polar surface area (TPSA) is 0 Å². The van der Waals surface area contributed by atoms with Gasteiger partial charge in [0.2, 0.25) is 0 Å². The molecule has 2 aromatic rings. The van der Waals surface area contributed by atoms with Crippen LogP contribution >= 0.6 is 0 Å². The Morgan fingerprint density at radius 1 is 0.917 bits per heavy atom. The predicted octanol–water partition coefficient (Wildman–Crippen LogP) is -1.43. The Bertz CT molecular complexity index is 856. The SMILES string of the molecule is C[C](C)=[Ti+2]([C]1=CC=CC1)[c]1cccc2c1Cc1ccccc1-2.[Cl-].[Cl-]. The Labute approximate surface area is 162 Å². The molecule has 0 N–H and O–H groups in total. The van der Waals surface area contributed by atoms with Crippen molar-refractivity contribution in [3.05, 3.63) is 75.7 Å². The molecule has 0 atom stereocenters. The van der Waals surface area contributed by atoms with Crippen LogP contribution in [0.25, 0.3) is 11.1 Å². The maximum absolute atomic E-state index is 2.41. The van der Waals surface area contributed by atoms with Crippen LogP contribution in [0.5, 0.6) is 0 Å². The van der Waals surface area contributed by atoms with Crippen molar-refractivity contribution in [3.8, 4) is 11.1 Å². The van der Waals surface area contributed by atoms with Gasteiger partial charge in [-0.1, -0.05) is 0 Å². The minimum atomic E-state index is -1.51. The van der Waals surface area contributed by atoms with Gasteiger partial charge < -0.3 is 24.8 Å². The fourth-order valence-electron chi connectivity index (χ4n) is 3.79. The van der Waals surface area contributed by atoms with E-state index in [0.29, 0.717) is 0 Å². The van der Waals surface area contributed by atoms with Crippen LogP contribution in [-0.4, -0.2) is 3.81 Å². The molecule has 0 fully saturated rings. The molecule has 0 unspecified atom stereocenters. The Balaban J connectivity index is 0.00000104. The predicted molar refractivity (Wildman–Crippen MR) is 92.5 cm³/mol. The third kappa shape index (κ3) is 3.26. The van der Waals surface area contributed by atoms with Crippen molar-refractivity contribution in [2.45, 2.75) is 26.7 Å². The molecule has 0 heterocycles. The molecule has 122 valence electrons. The molecule has 0 bridgehead atoms. The Kier molecular flexibility index (Phi) is 6.45. The molecule has 4 rings (SSSR count). The summed E-state index contributed by atoms with van der Waals surface area (Å²) in [6.07, 6.45) is 9.21. The largest absolute Gasteiger partial charge is 1.00 e. The minimum Gasteiger partial charge on any atom is -1.00 e. The zero-order chi connectivity index (χ0) is 15.1. The molecule has 0 aromatic heterocycles. The number of rotatable bonds is 2. The summed E-state index contributed by atoms with van der Waals surface area (Å²) in [7, 11) is 0. The summed E-state index contributed by atoms with van der Waals surface area (Å²) < 4.78 is 5.02. The van der Waals surface area contributed by atoms with Crippen LogP contribution in [0.4, 0.5) is 0 Å². The van der Waals surface area contributed by atoms with E-state index in [1.54, 1.807) is 17.1 Å². The molecular weight excluding hydrogens is 371 g/mol. The Morgan fingerprint density at radius 2 is 1.67 bits per heavy atom. The average Bonchev–Trinajstić information content (AvgIpc) is 3.15.